The second kappa shape index (κ2) is 5.82. The molecule has 0 unspecified atom stereocenters. The van der Waals surface area contributed by atoms with Crippen LogP contribution in [0.2, 0.25) is 0 Å². The predicted molar refractivity (Wildman–Crippen MR) is 66.3 cm³/mol. The number of carbonyl (C=O) groups is 1. The summed E-state index contributed by atoms with van der Waals surface area (Å²) < 4.78 is 0. The van der Waals surface area contributed by atoms with Crippen LogP contribution in [0, 0.1) is 0 Å². The van der Waals surface area contributed by atoms with Gasteiger partial charge in [-0.3, -0.25) is 4.79 Å². The van der Waals surface area contributed by atoms with Gasteiger partial charge in [0.2, 0.25) is 5.91 Å². The highest BCUT2D eigenvalue weighted by Crippen LogP contribution is 2.29. The van der Waals surface area contributed by atoms with Gasteiger partial charge in [0.25, 0.3) is 0 Å². The molecule has 0 heterocycles. The fraction of sp³-hybridized carbons (Fsp3) is 0.500. The smallest absolute Gasteiger partial charge is 0.223 e. The zero-order valence-corrected chi connectivity index (χ0v) is 10.0. The van der Waals surface area contributed by atoms with Crippen LogP contribution >= 0.6 is 0 Å². The highest BCUT2D eigenvalue weighted by atomic mass is 16.3. The molecule has 1 aromatic rings. The molecule has 1 aromatic carbocycles. The average molecular weight is 233 g/mol. The Morgan fingerprint density at radius 3 is 2.59 bits per heavy atom. The maximum absolute atomic E-state index is 12.0. The molecule has 17 heavy (non-hydrogen) atoms. The van der Waals surface area contributed by atoms with Crippen LogP contribution in [-0.4, -0.2) is 28.6 Å². The van der Waals surface area contributed by atoms with Crippen molar-refractivity contribution in [1.82, 2.24) is 4.90 Å². The Kier molecular flexibility index (Phi) is 4.15. The summed E-state index contributed by atoms with van der Waals surface area (Å²) in [5.74, 6) is 0.172. The van der Waals surface area contributed by atoms with Gasteiger partial charge in [-0.1, -0.05) is 30.3 Å². The molecule has 0 saturated heterocycles. The molecule has 1 N–H and O–H groups in total. The number of hydrogen-bond acceptors (Lipinski definition) is 2. The summed E-state index contributed by atoms with van der Waals surface area (Å²) in [6, 6.07) is 10.5. The van der Waals surface area contributed by atoms with E-state index in [4.69, 9.17) is 5.11 Å². The normalized spacial score (nSPS) is 14.6. The van der Waals surface area contributed by atoms with E-state index in [-0.39, 0.29) is 12.5 Å². The first-order valence-corrected chi connectivity index (χ1v) is 6.25. The standard InChI is InChI=1S/C14H19NO2/c16-10-4-7-14(17)15(13-8-9-13)11-12-5-2-1-3-6-12/h1-3,5-6,13,16H,4,7-11H2. The number of hydrogen-bond donors (Lipinski definition) is 1. The number of amides is 1. The Bertz CT molecular complexity index is 360. The van der Waals surface area contributed by atoms with Gasteiger partial charge in [-0.05, 0) is 24.8 Å². The molecule has 0 radical (unpaired) electrons. The topological polar surface area (TPSA) is 40.5 Å². The monoisotopic (exact) mass is 233 g/mol. The summed E-state index contributed by atoms with van der Waals surface area (Å²) in [7, 11) is 0. The SMILES string of the molecule is O=C(CCCO)N(Cc1ccccc1)C1CC1. The maximum atomic E-state index is 12.0. The van der Waals surface area contributed by atoms with E-state index in [1.54, 1.807) is 0 Å². The van der Waals surface area contributed by atoms with E-state index in [0.29, 0.717) is 25.4 Å². The molecule has 0 bridgehead atoms. The van der Waals surface area contributed by atoms with Gasteiger partial charge in [0, 0.05) is 25.6 Å². The van der Waals surface area contributed by atoms with E-state index in [1.165, 1.54) is 5.56 Å². The van der Waals surface area contributed by atoms with Crippen molar-refractivity contribution in [2.45, 2.75) is 38.3 Å². The van der Waals surface area contributed by atoms with Crippen molar-refractivity contribution in [3.05, 3.63) is 35.9 Å². The van der Waals surface area contributed by atoms with E-state index in [2.05, 4.69) is 12.1 Å². The Morgan fingerprint density at radius 2 is 2.00 bits per heavy atom. The number of benzene rings is 1. The molecule has 1 fully saturated rings. The second-order valence-corrected chi connectivity index (χ2v) is 4.57. The molecule has 2 rings (SSSR count). The molecule has 0 aromatic heterocycles. The van der Waals surface area contributed by atoms with Crippen molar-refractivity contribution >= 4 is 5.91 Å². The molecular formula is C14H19NO2. The number of rotatable bonds is 6. The average Bonchev–Trinajstić information content (AvgIpc) is 3.18. The minimum Gasteiger partial charge on any atom is -0.396 e. The molecule has 1 saturated carbocycles. The maximum Gasteiger partial charge on any atom is 0.223 e. The zero-order chi connectivity index (χ0) is 12.1. The lowest BCUT2D eigenvalue weighted by molar-refractivity contribution is -0.132. The summed E-state index contributed by atoms with van der Waals surface area (Å²) in [6.45, 7) is 0.797. The third-order valence-electron chi connectivity index (χ3n) is 3.05. The number of aliphatic hydroxyl groups is 1. The first-order valence-electron chi connectivity index (χ1n) is 6.25. The number of carbonyl (C=O) groups excluding carboxylic acids is 1. The van der Waals surface area contributed by atoms with Crippen LogP contribution in [0.1, 0.15) is 31.2 Å². The van der Waals surface area contributed by atoms with Crippen molar-refractivity contribution in [3.63, 3.8) is 0 Å². The molecule has 1 aliphatic rings. The third kappa shape index (κ3) is 3.56. The van der Waals surface area contributed by atoms with Gasteiger partial charge >= 0.3 is 0 Å². The van der Waals surface area contributed by atoms with Crippen LogP contribution < -0.4 is 0 Å². The Morgan fingerprint density at radius 1 is 1.29 bits per heavy atom. The molecule has 1 aliphatic carbocycles. The zero-order valence-electron chi connectivity index (χ0n) is 10.0. The van der Waals surface area contributed by atoms with Crippen molar-refractivity contribution in [3.8, 4) is 0 Å². The summed E-state index contributed by atoms with van der Waals surface area (Å²) in [4.78, 5) is 14.0. The van der Waals surface area contributed by atoms with E-state index in [9.17, 15) is 4.79 Å². The van der Waals surface area contributed by atoms with Crippen LogP contribution in [0.4, 0.5) is 0 Å². The Hall–Kier alpha value is -1.35. The summed E-state index contributed by atoms with van der Waals surface area (Å²) >= 11 is 0. The van der Waals surface area contributed by atoms with Crippen LogP contribution in [-0.2, 0) is 11.3 Å². The summed E-state index contributed by atoms with van der Waals surface area (Å²) in [6.07, 6.45) is 3.27. The quantitative estimate of drug-likeness (QED) is 0.816. The first-order chi connectivity index (χ1) is 8.31. The highest BCUT2D eigenvalue weighted by Gasteiger charge is 2.31. The van der Waals surface area contributed by atoms with E-state index >= 15 is 0 Å². The van der Waals surface area contributed by atoms with Gasteiger partial charge in [-0.2, -0.15) is 0 Å². The van der Waals surface area contributed by atoms with Crippen molar-refractivity contribution in [2.75, 3.05) is 6.61 Å². The Labute approximate surface area is 102 Å². The van der Waals surface area contributed by atoms with Gasteiger partial charge in [0.1, 0.15) is 0 Å². The second-order valence-electron chi connectivity index (χ2n) is 4.57. The molecule has 92 valence electrons. The van der Waals surface area contributed by atoms with Crippen molar-refractivity contribution in [2.24, 2.45) is 0 Å². The lowest BCUT2D eigenvalue weighted by atomic mass is 10.2. The summed E-state index contributed by atoms with van der Waals surface area (Å²) in [5.41, 5.74) is 1.18. The van der Waals surface area contributed by atoms with E-state index < -0.39 is 0 Å². The first kappa shape index (κ1) is 12.1. The van der Waals surface area contributed by atoms with Crippen molar-refractivity contribution < 1.29 is 9.90 Å². The minimum atomic E-state index is 0.0928. The molecule has 3 nitrogen and oxygen atoms in total. The van der Waals surface area contributed by atoms with Crippen LogP contribution in [0.25, 0.3) is 0 Å². The largest absolute Gasteiger partial charge is 0.396 e. The molecule has 0 aliphatic heterocycles. The van der Waals surface area contributed by atoms with Crippen LogP contribution in [0.15, 0.2) is 30.3 Å². The van der Waals surface area contributed by atoms with E-state index in [1.807, 2.05) is 23.1 Å². The van der Waals surface area contributed by atoms with E-state index in [0.717, 1.165) is 12.8 Å². The fourth-order valence-electron chi connectivity index (χ4n) is 1.96. The predicted octanol–water partition coefficient (Wildman–Crippen LogP) is 1.95. The lowest BCUT2D eigenvalue weighted by Crippen LogP contribution is -2.32. The molecule has 0 atom stereocenters. The van der Waals surface area contributed by atoms with Gasteiger partial charge < -0.3 is 10.0 Å². The van der Waals surface area contributed by atoms with Gasteiger partial charge in [-0.15, -0.1) is 0 Å². The third-order valence-corrected chi connectivity index (χ3v) is 3.05. The number of nitrogens with zero attached hydrogens (tertiary/aromatic N) is 1. The summed E-state index contributed by atoms with van der Waals surface area (Å²) in [5, 5.41) is 8.77. The molecule has 1 amide bonds. The minimum absolute atomic E-state index is 0.0928. The fourth-order valence-corrected chi connectivity index (χ4v) is 1.96. The lowest BCUT2D eigenvalue weighted by Gasteiger charge is -2.22. The highest BCUT2D eigenvalue weighted by molar-refractivity contribution is 5.76. The van der Waals surface area contributed by atoms with Gasteiger partial charge in [0.15, 0.2) is 0 Å². The van der Waals surface area contributed by atoms with Crippen LogP contribution in [0.5, 0.6) is 0 Å². The van der Waals surface area contributed by atoms with Gasteiger partial charge in [0.05, 0.1) is 0 Å². The Balaban J connectivity index is 1.95. The molecule has 0 spiro atoms. The molecule has 3 heteroatoms. The van der Waals surface area contributed by atoms with Crippen molar-refractivity contribution in [1.29, 1.82) is 0 Å². The van der Waals surface area contributed by atoms with Gasteiger partial charge in [-0.25, -0.2) is 0 Å². The molecular weight excluding hydrogens is 214 g/mol. The van der Waals surface area contributed by atoms with Crippen LogP contribution in [0.3, 0.4) is 0 Å². The number of aliphatic hydroxyl groups excluding tert-OH is 1.